The van der Waals surface area contributed by atoms with Gasteiger partial charge in [-0.1, -0.05) is 52.5 Å². The Bertz CT molecular complexity index is 2310. The number of benzene rings is 2. The zero-order valence-electron chi connectivity index (χ0n) is 22.1. The Morgan fingerprint density at radius 2 is 1.51 bits per heavy atom. The molecule has 14 heteroatoms. The van der Waals surface area contributed by atoms with Gasteiger partial charge in [-0.15, -0.1) is 10.2 Å². The number of nitrogens with zero attached hydrogens (tertiary/aromatic N) is 4. The van der Waals surface area contributed by atoms with Crippen LogP contribution in [0.15, 0.2) is 57.2 Å². The minimum Gasteiger partial charge on any atom is -0.858 e. The molecule has 0 fully saturated rings. The molecule has 0 radical (unpaired) electrons. The van der Waals surface area contributed by atoms with E-state index in [2.05, 4.69) is 20.2 Å². The van der Waals surface area contributed by atoms with Crippen LogP contribution in [-0.4, -0.2) is 25.7 Å². The number of carbonyl (C=O) groups excluding carboxylic acids is 1. The first-order chi connectivity index (χ1) is 20.5. The molecule has 1 aliphatic rings. The smallest absolute Gasteiger partial charge is 0.282 e. The molecule has 0 aliphatic carbocycles. The summed E-state index contributed by atoms with van der Waals surface area (Å²) in [5, 5.41) is 24.5. The second-order valence-electron chi connectivity index (χ2n) is 9.58. The Labute approximate surface area is 261 Å². The average Bonchev–Trinajstić information content (AvgIpc) is 3.46. The van der Waals surface area contributed by atoms with Crippen molar-refractivity contribution in [1.82, 2.24) is 19.7 Å². The predicted octanol–water partition coefficient (Wildman–Crippen LogP) is 4.40. The third kappa shape index (κ3) is 4.82. The number of aromatic amines is 2. The molecule has 4 heterocycles. The second-order valence-corrected chi connectivity index (χ2v) is 11.3. The van der Waals surface area contributed by atoms with Gasteiger partial charge in [0.05, 0.1) is 27.0 Å². The molecule has 2 N–H and O–H groups in total. The van der Waals surface area contributed by atoms with Gasteiger partial charge in [-0.05, 0) is 73.5 Å². The Kier molecular flexibility index (Phi) is 7.18. The monoisotopic (exact) mass is 653 g/mol. The van der Waals surface area contributed by atoms with Crippen molar-refractivity contribution in [1.29, 1.82) is 0 Å². The molecule has 1 aliphatic heterocycles. The quantitative estimate of drug-likeness (QED) is 0.296. The van der Waals surface area contributed by atoms with Crippen LogP contribution in [0.1, 0.15) is 27.0 Å². The molecule has 43 heavy (non-hydrogen) atoms. The van der Waals surface area contributed by atoms with Gasteiger partial charge in [-0.25, -0.2) is 4.68 Å². The van der Waals surface area contributed by atoms with Crippen LogP contribution >= 0.6 is 46.4 Å². The highest BCUT2D eigenvalue weighted by molar-refractivity contribution is 6.36. The lowest BCUT2D eigenvalue weighted by atomic mass is 10.1. The Balaban J connectivity index is 1.41. The maximum Gasteiger partial charge on any atom is 0.282 e. The molecular weight excluding hydrogens is 638 g/mol. The number of carbonyl (C=O) groups is 1. The first kappa shape index (κ1) is 28.8. The molecular formula is C29H17Cl4N6O4-. The molecule has 0 atom stereocenters. The van der Waals surface area contributed by atoms with Crippen LogP contribution in [0.25, 0.3) is 28.9 Å². The van der Waals surface area contributed by atoms with E-state index in [-0.39, 0.29) is 54.3 Å². The second kappa shape index (κ2) is 10.7. The maximum absolute atomic E-state index is 13.3. The summed E-state index contributed by atoms with van der Waals surface area (Å²) < 4.78 is 1.08. The molecule has 0 bridgehead atoms. The van der Waals surface area contributed by atoms with Gasteiger partial charge in [0.1, 0.15) is 0 Å². The van der Waals surface area contributed by atoms with Crippen LogP contribution in [0.5, 0.6) is 5.88 Å². The molecule has 0 unspecified atom stereocenters. The summed E-state index contributed by atoms with van der Waals surface area (Å²) >= 11 is 24.7. The number of amides is 1. The lowest BCUT2D eigenvalue weighted by Crippen LogP contribution is -2.38. The third-order valence-corrected chi connectivity index (χ3v) is 8.11. The minimum atomic E-state index is -0.501. The van der Waals surface area contributed by atoms with E-state index in [0.717, 1.165) is 9.69 Å². The van der Waals surface area contributed by atoms with Gasteiger partial charge in [0.2, 0.25) is 0 Å². The zero-order chi connectivity index (χ0) is 30.7. The standard InChI is InChI=1S/C29H18Cl4N6O4/c1-12-16(26(40)34-24-22(12)28(42)38(36-24)20-10-14(30)6-8-18(20)32)4-3-5-17-13(2)23-25(35-27(17)41)37-39(29(23)43)21-11-15(31)7-9-19(21)33/h3-11,42H,1-2H3,(H,34,36,40)(H,35,37,41)/p-1/b4-3?,17-5+. The summed E-state index contributed by atoms with van der Waals surface area (Å²) in [5.41, 5.74) is 0.826. The van der Waals surface area contributed by atoms with Crippen molar-refractivity contribution in [2.24, 2.45) is 5.10 Å². The van der Waals surface area contributed by atoms with Crippen LogP contribution in [0.4, 0.5) is 5.69 Å². The maximum atomic E-state index is 13.3. The van der Waals surface area contributed by atoms with Gasteiger partial charge >= 0.3 is 0 Å². The summed E-state index contributed by atoms with van der Waals surface area (Å²) in [6.45, 7) is 3.24. The van der Waals surface area contributed by atoms with Gasteiger partial charge in [-0.2, -0.15) is 5.01 Å². The van der Waals surface area contributed by atoms with E-state index in [1.165, 1.54) is 30.4 Å². The number of hydrogen-bond acceptors (Lipinski definition) is 6. The molecule has 6 rings (SSSR count). The van der Waals surface area contributed by atoms with E-state index in [4.69, 9.17) is 46.4 Å². The summed E-state index contributed by atoms with van der Waals surface area (Å²) in [7, 11) is 0. The highest BCUT2D eigenvalue weighted by Crippen LogP contribution is 2.33. The van der Waals surface area contributed by atoms with Crippen LogP contribution in [0, 0.1) is 13.8 Å². The molecule has 10 nitrogen and oxygen atoms in total. The van der Waals surface area contributed by atoms with Gasteiger partial charge < -0.3 is 15.1 Å². The minimum absolute atomic E-state index is 0.0854. The molecule has 0 saturated carbocycles. The largest absolute Gasteiger partial charge is 0.858 e. The summed E-state index contributed by atoms with van der Waals surface area (Å²) in [5.74, 6) is -0.992. The van der Waals surface area contributed by atoms with E-state index < -0.39 is 22.9 Å². The van der Waals surface area contributed by atoms with Crippen molar-refractivity contribution < 1.29 is 9.90 Å². The fraction of sp³-hybridized carbons (Fsp3) is 0.0690. The number of anilines is 1. The Hall–Kier alpha value is -4.35. The van der Waals surface area contributed by atoms with E-state index in [1.54, 1.807) is 38.1 Å². The van der Waals surface area contributed by atoms with Gasteiger partial charge in [0, 0.05) is 32.1 Å². The number of allylic oxidation sites excluding steroid dienone is 1. The third-order valence-electron chi connectivity index (χ3n) is 7.00. The fourth-order valence-electron chi connectivity index (χ4n) is 4.88. The molecule has 0 saturated heterocycles. The summed E-state index contributed by atoms with van der Waals surface area (Å²) in [6, 6.07) is 9.24. The molecule has 0 spiro atoms. The Morgan fingerprint density at radius 3 is 2.21 bits per heavy atom. The van der Waals surface area contributed by atoms with Crippen molar-refractivity contribution in [2.75, 3.05) is 5.01 Å². The number of pyridine rings is 2. The number of rotatable bonds is 4. The number of halogens is 4. The van der Waals surface area contributed by atoms with Crippen molar-refractivity contribution in [2.45, 2.75) is 13.8 Å². The fourth-order valence-corrected chi connectivity index (χ4v) is 5.61. The lowest BCUT2D eigenvalue weighted by molar-refractivity contribution is -0.275. The highest BCUT2D eigenvalue weighted by Gasteiger charge is 2.29. The first-order valence-corrected chi connectivity index (χ1v) is 14.0. The molecule has 216 valence electrons. The van der Waals surface area contributed by atoms with Crippen molar-refractivity contribution >= 4 is 81.2 Å². The van der Waals surface area contributed by atoms with E-state index >= 15 is 0 Å². The van der Waals surface area contributed by atoms with Crippen LogP contribution in [0.3, 0.4) is 0 Å². The Morgan fingerprint density at radius 1 is 0.860 bits per heavy atom. The number of aryl methyl sites for hydroxylation is 1. The summed E-state index contributed by atoms with van der Waals surface area (Å²) in [4.78, 5) is 44.5. The number of fused-ring (bicyclic) bond motifs is 2. The van der Waals surface area contributed by atoms with Crippen LogP contribution in [-0.2, 0) is 0 Å². The zero-order valence-corrected chi connectivity index (χ0v) is 25.2. The topological polar surface area (TPSA) is 139 Å². The van der Waals surface area contributed by atoms with Crippen LogP contribution < -0.4 is 31.9 Å². The SMILES string of the molecule is Cc1c2c([nH]c(=O)/c1=C/C=Cc1c(C)c3c([O-])n(-c4cc(Cl)ccc4Cl)nc3[nH]c1=O)=NN(c1cc(Cl)ccc1Cl)C2=O. The van der Waals surface area contributed by atoms with E-state index in [0.29, 0.717) is 21.2 Å². The van der Waals surface area contributed by atoms with Gasteiger partial charge in [0.15, 0.2) is 11.1 Å². The van der Waals surface area contributed by atoms with E-state index in [9.17, 15) is 19.5 Å². The molecule has 1 amide bonds. The van der Waals surface area contributed by atoms with Crippen molar-refractivity contribution in [3.63, 3.8) is 0 Å². The number of nitrogens with one attached hydrogen (secondary N) is 2. The number of aromatic nitrogens is 4. The number of hydrogen-bond donors (Lipinski definition) is 2. The summed E-state index contributed by atoms with van der Waals surface area (Å²) in [6.07, 6.45) is 4.42. The molecule has 5 aromatic rings. The van der Waals surface area contributed by atoms with Gasteiger partial charge in [0.25, 0.3) is 17.0 Å². The van der Waals surface area contributed by atoms with Crippen molar-refractivity contribution in [3.8, 4) is 11.6 Å². The van der Waals surface area contributed by atoms with Crippen LogP contribution in [0.2, 0.25) is 20.1 Å². The molecule has 3 aromatic heterocycles. The average molecular weight is 655 g/mol. The normalized spacial score (nSPS) is 13.4. The highest BCUT2D eigenvalue weighted by atomic mass is 35.5. The first-order valence-electron chi connectivity index (χ1n) is 12.5. The molecule has 2 aromatic carbocycles. The van der Waals surface area contributed by atoms with Gasteiger partial charge in [-0.3, -0.25) is 14.4 Å². The lowest BCUT2D eigenvalue weighted by Gasteiger charge is -2.14. The number of H-pyrrole nitrogens is 2. The van der Waals surface area contributed by atoms with Crippen molar-refractivity contribution in [3.05, 3.63) is 116 Å². The predicted molar refractivity (Wildman–Crippen MR) is 165 cm³/mol. The van der Waals surface area contributed by atoms with E-state index in [1.807, 2.05) is 0 Å².